The molecule has 0 saturated carbocycles. The van der Waals surface area contributed by atoms with Crippen LogP contribution in [0, 0.1) is 29.6 Å². The number of rotatable bonds is 55. The summed E-state index contributed by atoms with van der Waals surface area (Å²) in [5.41, 5.74) is 32.0. The zero-order valence-corrected chi connectivity index (χ0v) is 72.9. The number of ketones is 6. The molecule has 3 heterocycles. The van der Waals surface area contributed by atoms with E-state index in [1.54, 1.807) is 20.8 Å². The van der Waals surface area contributed by atoms with Gasteiger partial charge in [0.25, 0.3) is 0 Å². The summed E-state index contributed by atoms with van der Waals surface area (Å²) in [6.07, 6.45) is 1.36. The number of nitrogens with one attached hydrogen (secondary N) is 9. The Morgan fingerprint density at radius 1 is 0.618 bits per heavy atom. The average Bonchev–Trinajstić information content (AvgIpc) is 1.71. The van der Waals surface area contributed by atoms with Gasteiger partial charge < -0.3 is 90.8 Å². The molecule has 3 aliphatic heterocycles. The summed E-state index contributed by atoms with van der Waals surface area (Å²) < 4.78 is 0. The second-order valence-electron chi connectivity index (χ2n) is 31.8. The van der Waals surface area contributed by atoms with Gasteiger partial charge in [0.15, 0.2) is 40.7 Å². The minimum atomic E-state index is -1.65. The van der Waals surface area contributed by atoms with Gasteiger partial charge in [0.05, 0.1) is 44.3 Å². The van der Waals surface area contributed by atoms with Gasteiger partial charge in [-0.2, -0.15) is 0 Å². The van der Waals surface area contributed by atoms with E-state index in [9.17, 15) is 96.5 Å². The Labute approximate surface area is 725 Å². The van der Waals surface area contributed by atoms with Gasteiger partial charge in [-0.05, 0) is 120 Å². The molecule has 0 spiro atoms. The summed E-state index contributed by atoms with van der Waals surface area (Å²) in [4.78, 5) is 256. The number of nitrogens with zero attached hydrogens (tertiary/aromatic N) is 6. The van der Waals surface area contributed by atoms with E-state index in [0.717, 1.165) is 33.6 Å². The minimum Gasteiger partial charge on any atom is -0.394 e. The molecule has 0 aromatic heterocycles. The number of aliphatic hydroxyl groups is 2. The van der Waals surface area contributed by atoms with Crippen molar-refractivity contribution in [2.75, 3.05) is 77.1 Å². The number of benzene rings is 1. The van der Waals surface area contributed by atoms with Crippen LogP contribution in [0.4, 0.5) is 0 Å². The van der Waals surface area contributed by atoms with E-state index in [-0.39, 0.29) is 139 Å². The summed E-state index contributed by atoms with van der Waals surface area (Å²) in [5.74, 6) is -17.1. The number of azide groups is 1. The van der Waals surface area contributed by atoms with Crippen LogP contribution in [0.1, 0.15) is 207 Å². The molecule has 1 aromatic carbocycles. The first kappa shape index (κ1) is 105. The van der Waals surface area contributed by atoms with Crippen molar-refractivity contribution in [3.8, 4) is 0 Å². The third-order valence-corrected chi connectivity index (χ3v) is 23.9. The van der Waals surface area contributed by atoms with Crippen molar-refractivity contribution in [2.24, 2.45) is 62.6 Å². The number of carbonyl (C=O) groups excluding carboxylic acids is 18. The molecule has 0 radical (unpaired) electrons. The van der Waals surface area contributed by atoms with Crippen LogP contribution < -0.4 is 70.8 Å². The summed E-state index contributed by atoms with van der Waals surface area (Å²) in [6, 6.07) is -0.649. The lowest BCUT2D eigenvalue weighted by Crippen LogP contribution is -2.56. The van der Waals surface area contributed by atoms with Gasteiger partial charge in [-0.3, -0.25) is 91.3 Å². The molecule has 3 aliphatic rings. The third kappa shape index (κ3) is 40.1. The molecule has 3 fully saturated rings. The maximum atomic E-state index is 15.0. The monoisotopic (exact) mass is 1760 g/mol. The van der Waals surface area contributed by atoms with Gasteiger partial charge in [-0.15, -0.1) is 0 Å². The van der Waals surface area contributed by atoms with E-state index in [1.165, 1.54) is 9.80 Å². The molecule has 19 N–H and O–H groups in total. The maximum Gasteiger partial charge on any atom is 0.245 e. The number of guanidine groups is 1. The van der Waals surface area contributed by atoms with Crippen molar-refractivity contribution in [3.05, 3.63) is 46.3 Å². The largest absolute Gasteiger partial charge is 0.394 e. The van der Waals surface area contributed by atoms with Crippen LogP contribution in [0.2, 0.25) is 0 Å². The maximum absolute atomic E-state index is 15.0. The predicted molar refractivity (Wildman–Crippen MR) is 459 cm³/mol. The molecule has 3 saturated heterocycles. The summed E-state index contributed by atoms with van der Waals surface area (Å²) in [6.45, 7) is 5.54. The van der Waals surface area contributed by atoms with Crippen LogP contribution in [0.3, 0.4) is 0 Å². The van der Waals surface area contributed by atoms with Gasteiger partial charge in [-0.25, -0.2) is 0 Å². The Kier molecular flexibility index (Phi) is 49.9. The summed E-state index contributed by atoms with van der Waals surface area (Å²) >= 11 is 0. The third-order valence-electron chi connectivity index (χ3n) is 21.4. The number of unbranched alkanes of at least 4 members (excludes halogenated alkanes) is 3. The van der Waals surface area contributed by atoms with Crippen LogP contribution >= 0.6 is 21.6 Å². The highest BCUT2D eigenvalue weighted by Crippen LogP contribution is 2.31. The highest BCUT2D eigenvalue weighted by molar-refractivity contribution is 8.76. The fourth-order valence-corrected chi connectivity index (χ4v) is 16.8. The smallest absolute Gasteiger partial charge is 0.245 e. The standard InChI is InChI=1S/C82H129N19O20S2/c1-5-6-20-59(78(118)88-37-33-52-18-8-7-9-19-52)95-79(119)64-23-15-38-100(64)73(113)32-28-66(106)58(21-10-12-34-83)94-77(117)55-43-68(108)62(47-103)97-76(116)54(40-50(2)3)42-69(109)63(49-123-122-48-55)98-80(120)65-24-16-39-101(65)81(121)60(22-14-35-89-82(85)86)96-75(115)53(25-29-70(84)110)41-67(107)61(46-102)93-72(112)31-27-56(104)44-90-71(111)30-26-57(105)45-91-74(114)51(4)17-11-13-36-92-99-87/h7-9,18-19,50-51,53-55,58-65,102-103H,5-6,10-17,20-49,83H2,1-4H3,(H2,84,110)(H,88,118)(H,90,111)(H,91,114)(H,93,112)(H,94,117)(H,95,119)(H,96,115)(H,97,116)(H,98,120)(H4,85,86,89)/t51-,53+,54?,55-,58-,59?,60-,61-,62-,63-,64-,65-/m0/s1. The van der Waals surface area contributed by atoms with Gasteiger partial charge in [0, 0.05) is 131 Å². The Hall–Kier alpha value is -9.96. The molecule has 0 aliphatic carbocycles. The topological polar surface area (TPSA) is 628 Å². The number of hydrogen-bond acceptors (Lipinski definition) is 25. The first-order chi connectivity index (χ1) is 58.7. The predicted octanol–water partition coefficient (Wildman–Crippen LogP) is 0.423. The normalized spacial score (nSPS) is 19.0. The van der Waals surface area contributed by atoms with Crippen molar-refractivity contribution < 1.29 is 96.5 Å². The number of hydrogen-bond donors (Lipinski definition) is 15. The molecule has 41 heteroatoms. The van der Waals surface area contributed by atoms with E-state index in [0.29, 0.717) is 77.3 Å². The average molecular weight is 1770 g/mol. The minimum absolute atomic E-state index is 0.0413. The number of likely N-dealkylation sites (tertiary alicyclic amines) is 2. The van der Waals surface area contributed by atoms with E-state index >= 15 is 0 Å². The van der Waals surface area contributed by atoms with Crippen LogP contribution in [0.25, 0.3) is 10.4 Å². The molecule has 2 unspecified atom stereocenters. The second kappa shape index (κ2) is 58.2. The number of carbonyl (C=O) groups is 18. The van der Waals surface area contributed by atoms with E-state index in [2.05, 4.69) is 62.9 Å². The highest BCUT2D eigenvalue weighted by Gasteiger charge is 2.42. The lowest BCUT2D eigenvalue weighted by Gasteiger charge is -2.31. The van der Waals surface area contributed by atoms with E-state index in [1.807, 2.05) is 37.3 Å². The number of aliphatic hydroxyl groups excluding tert-OH is 2. The second-order valence-corrected chi connectivity index (χ2v) is 34.4. The van der Waals surface area contributed by atoms with Crippen molar-refractivity contribution in [3.63, 3.8) is 0 Å². The van der Waals surface area contributed by atoms with Crippen molar-refractivity contribution in [2.45, 2.75) is 256 Å². The number of primary amides is 1. The Morgan fingerprint density at radius 3 is 1.91 bits per heavy atom. The molecule has 39 nitrogen and oxygen atoms in total. The zero-order chi connectivity index (χ0) is 90.9. The molecule has 0 bridgehead atoms. The highest BCUT2D eigenvalue weighted by atomic mass is 33.1. The van der Waals surface area contributed by atoms with E-state index in [4.69, 9.17) is 28.5 Å². The molecule has 123 heavy (non-hydrogen) atoms. The van der Waals surface area contributed by atoms with Crippen LogP contribution in [0.15, 0.2) is 40.4 Å². The molecule has 4 rings (SSSR count). The SMILES string of the molecule is CCCCC(NC(=O)[C@@H]1CCCN1C(=O)CCC(=O)[C@H](CCCCN)NC(=O)[C@@H]1CSSC[C@H](NC(=O)[C@@H]2CCCN2C(=O)[C@H](CCCN=C(N)N)NC(=O)[C@H](CCC(N)=O)CC(=O)[C@H](CO)NC(=O)CCC(=O)CNC(=O)CCC(=O)CNC(=O)[C@@H](C)CCCCN=[N+]=[N-])C(=O)CC(CC(C)C)C(=O)N[C@@H](CO)C(=O)C1)C(=O)NCCc1ccccc1. The van der Waals surface area contributed by atoms with Crippen LogP contribution in [-0.2, 0) is 92.7 Å². The molecular weight excluding hydrogens is 1640 g/mol. The van der Waals surface area contributed by atoms with Crippen LogP contribution in [-0.4, -0.2) is 257 Å². The quantitative estimate of drug-likeness (QED) is 0.00799. The Balaban J connectivity index is 1.47. The van der Waals surface area contributed by atoms with Gasteiger partial charge >= 0.3 is 0 Å². The Morgan fingerprint density at radius 2 is 1.26 bits per heavy atom. The van der Waals surface area contributed by atoms with Gasteiger partial charge in [0.1, 0.15) is 36.3 Å². The summed E-state index contributed by atoms with van der Waals surface area (Å²) in [5, 5.41) is 48.2. The van der Waals surface area contributed by atoms with Crippen molar-refractivity contribution >= 4 is 133 Å². The number of Topliss-reactive ketones (excluding diaryl/α,β-unsaturated/α-hetero) is 6. The first-order valence-corrected chi connectivity index (χ1v) is 45.1. The summed E-state index contributed by atoms with van der Waals surface area (Å²) in [7, 11) is 2.09. The number of nitrogens with two attached hydrogens (primary N) is 4. The molecular formula is C82H129N19O20S2. The van der Waals surface area contributed by atoms with E-state index < -0.39 is 224 Å². The number of amides is 12. The lowest BCUT2D eigenvalue weighted by atomic mass is 9.89. The fourth-order valence-electron chi connectivity index (χ4n) is 14.3. The van der Waals surface area contributed by atoms with Gasteiger partial charge in [0.2, 0.25) is 70.9 Å². The lowest BCUT2D eigenvalue weighted by molar-refractivity contribution is -0.143. The van der Waals surface area contributed by atoms with Gasteiger partial charge in [-0.1, -0.05) is 104 Å². The molecule has 12 amide bonds. The Bertz CT molecular complexity index is 3810. The number of aliphatic imine (C=N–C) groups is 1. The molecule has 1 aromatic rings. The van der Waals surface area contributed by atoms with Crippen molar-refractivity contribution in [1.29, 1.82) is 0 Å². The fraction of sp³-hybridized carbons (Fsp3) is 0.695. The molecule has 684 valence electrons. The molecule has 12 atom stereocenters. The van der Waals surface area contributed by atoms with Crippen molar-refractivity contribution in [1.82, 2.24) is 57.7 Å². The zero-order valence-electron chi connectivity index (χ0n) is 71.2. The first-order valence-electron chi connectivity index (χ1n) is 42.7. The van der Waals surface area contributed by atoms with Crippen LogP contribution in [0.5, 0.6) is 0 Å².